The largest absolute Gasteiger partial charge is 0.502 e. The molecule has 7 heteroatoms. The van der Waals surface area contributed by atoms with Crippen LogP contribution in [0.2, 0.25) is 0 Å². The molecule has 2 atom stereocenters. The highest BCUT2D eigenvalue weighted by Gasteiger charge is 2.24. The highest BCUT2D eigenvalue weighted by atomic mass is 35.5. The molecule has 0 saturated carbocycles. The van der Waals surface area contributed by atoms with E-state index in [2.05, 4.69) is 10.6 Å². The van der Waals surface area contributed by atoms with Crippen LogP contribution in [0.4, 0.5) is 15.8 Å². The van der Waals surface area contributed by atoms with E-state index >= 15 is 0 Å². The molecule has 0 heterocycles. The van der Waals surface area contributed by atoms with Crippen LogP contribution in [0.25, 0.3) is 0 Å². The molecule has 0 amide bonds. The molecule has 4 rings (SSSR count). The Morgan fingerprint density at radius 1 is 0.812 bits per heavy atom. The second-order valence-electron chi connectivity index (χ2n) is 7.38. The summed E-state index contributed by atoms with van der Waals surface area (Å²) >= 11 is 0. The Hall–Kier alpha value is -3.48. The number of para-hydroxylation sites is 1. The monoisotopic (exact) mass is 452 g/mol. The minimum atomic E-state index is -0.897. The molecule has 0 fully saturated rings. The average Bonchev–Trinajstić information content (AvgIpc) is 2.81. The highest BCUT2D eigenvalue weighted by Crippen LogP contribution is 2.33. The van der Waals surface area contributed by atoms with E-state index in [1.165, 1.54) is 12.1 Å². The Morgan fingerprint density at radius 2 is 1.44 bits per heavy atom. The Kier molecular flexibility index (Phi) is 7.08. The Morgan fingerprint density at radius 3 is 2.09 bits per heavy atom. The van der Waals surface area contributed by atoms with E-state index < -0.39 is 16.6 Å². The van der Waals surface area contributed by atoms with Crippen molar-refractivity contribution in [3.05, 3.63) is 122 Å². The Balaban J connectivity index is 0.00000289. The topological polar surface area (TPSA) is 78.4 Å². The lowest BCUT2D eigenvalue weighted by Gasteiger charge is -2.27. The first-order valence-electron chi connectivity index (χ1n) is 9.90. The van der Waals surface area contributed by atoms with E-state index in [0.717, 1.165) is 16.7 Å². The van der Waals surface area contributed by atoms with Crippen LogP contribution < -0.4 is 21.5 Å². The minimum Gasteiger partial charge on any atom is -0.502 e. The van der Waals surface area contributed by atoms with Gasteiger partial charge in [0.05, 0.1) is 6.04 Å². The molecule has 0 saturated heterocycles. The molecule has 4 aromatic carbocycles. The summed E-state index contributed by atoms with van der Waals surface area (Å²) in [6.45, 7) is 2.03. The molecular weight excluding hydrogens is 431 g/mol. The molecule has 0 aliphatic rings. The van der Waals surface area contributed by atoms with Crippen molar-refractivity contribution in [1.82, 2.24) is 5.32 Å². The van der Waals surface area contributed by atoms with Gasteiger partial charge in [0.15, 0.2) is 5.75 Å². The number of hydrogen-bond donors (Lipinski definition) is 3. The first-order chi connectivity index (χ1) is 15.0. The van der Waals surface area contributed by atoms with Gasteiger partial charge in [-0.05, 0) is 41.8 Å². The lowest BCUT2D eigenvalue weighted by atomic mass is 9.95. The van der Waals surface area contributed by atoms with E-state index in [0.29, 0.717) is 5.69 Å². The quantitative estimate of drug-likeness (QED) is 0.353. The van der Waals surface area contributed by atoms with Gasteiger partial charge in [-0.15, -0.1) is 12.4 Å². The van der Waals surface area contributed by atoms with Gasteiger partial charge in [-0.1, -0.05) is 60.7 Å². The zero-order valence-electron chi connectivity index (χ0n) is 17.2. The number of halogens is 2. The first kappa shape index (κ1) is 23.2. The third kappa shape index (κ3) is 4.56. The van der Waals surface area contributed by atoms with Crippen LogP contribution >= 0.6 is 12.4 Å². The fourth-order valence-electron chi connectivity index (χ4n) is 3.60. The maximum atomic E-state index is 13.6. The van der Waals surface area contributed by atoms with Crippen molar-refractivity contribution >= 4 is 23.8 Å². The number of hydrogen-bond acceptors (Lipinski definition) is 5. The predicted molar refractivity (Wildman–Crippen MR) is 126 cm³/mol. The average molecular weight is 453 g/mol. The number of aromatic hydroxyl groups is 1. The normalized spacial score (nSPS) is 12.7. The van der Waals surface area contributed by atoms with Gasteiger partial charge in [0, 0.05) is 11.7 Å². The van der Waals surface area contributed by atoms with Gasteiger partial charge in [-0.3, -0.25) is 14.9 Å². The van der Waals surface area contributed by atoms with Gasteiger partial charge in [-0.25, -0.2) is 4.39 Å². The molecule has 1 unspecified atom stereocenters. The molecule has 0 radical (unpaired) electrons. The second-order valence-corrected chi connectivity index (χ2v) is 7.38. The van der Waals surface area contributed by atoms with Crippen molar-refractivity contribution in [3.63, 3.8) is 0 Å². The summed E-state index contributed by atoms with van der Waals surface area (Å²) in [5.41, 5.74) is 1.48. The van der Waals surface area contributed by atoms with Crippen molar-refractivity contribution in [3.8, 4) is 5.75 Å². The van der Waals surface area contributed by atoms with E-state index in [1.54, 1.807) is 24.3 Å². The van der Waals surface area contributed by atoms with Crippen LogP contribution in [0, 0.1) is 5.82 Å². The van der Waals surface area contributed by atoms with Gasteiger partial charge in [0.2, 0.25) is 0 Å². The fraction of sp³-hybridized carbons (Fsp3) is 0.120. The molecule has 3 N–H and O–H groups in total. The Labute approximate surface area is 190 Å². The van der Waals surface area contributed by atoms with Crippen molar-refractivity contribution < 1.29 is 9.50 Å². The summed E-state index contributed by atoms with van der Waals surface area (Å²) < 4.78 is 13.6. The molecule has 0 aromatic heterocycles. The van der Waals surface area contributed by atoms with Crippen molar-refractivity contribution in [2.75, 3.05) is 5.32 Å². The molecular formula is C25H22ClFN2O3. The van der Waals surface area contributed by atoms with Crippen LogP contribution in [0.1, 0.15) is 35.7 Å². The van der Waals surface area contributed by atoms with Gasteiger partial charge < -0.3 is 10.4 Å². The number of anilines is 2. The lowest BCUT2D eigenvalue weighted by molar-refractivity contribution is 0.466. The Bertz CT molecular complexity index is 1270. The SMILES string of the molecule is C[C@@H](NC(c1ccc(F)cc1)c1ccccc1Nc1c(O)c(=O)c1=O)c1ccccc1.Cl. The number of rotatable bonds is 7. The van der Waals surface area contributed by atoms with Crippen LogP contribution in [0.15, 0.2) is 88.5 Å². The van der Waals surface area contributed by atoms with E-state index in [-0.39, 0.29) is 36.0 Å². The summed E-state index contributed by atoms with van der Waals surface area (Å²) in [6.07, 6.45) is 0. The van der Waals surface area contributed by atoms with Gasteiger partial charge >= 0.3 is 0 Å². The van der Waals surface area contributed by atoms with Crippen LogP contribution in [-0.2, 0) is 0 Å². The van der Waals surface area contributed by atoms with Gasteiger partial charge in [-0.2, -0.15) is 0 Å². The second kappa shape index (κ2) is 9.77. The molecule has 4 aromatic rings. The zero-order valence-corrected chi connectivity index (χ0v) is 18.0. The predicted octanol–water partition coefficient (Wildman–Crippen LogP) is 4.73. The van der Waals surface area contributed by atoms with Crippen LogP contribution in [-0.4, -0.2) is 5.11 Å². The standard InChI is InChI=1S/C25H21FN2O3.ClH/c1-15(16-7-3-2-4-8-16)27-21(17-11-13-18(26)14-12-17)19-9-5-6-10-20(19)28-22-23(29)25(31)24(22)30;/h2-15,21,27-29H,1H3;1H/t15-,21?;/m1./s1. The summed E-state index contributed by atoms with van der Waals surface area (Å²) in [5, 5.41) is 16.2. The molecule has 0 aliphatic heterocycles. The molecule has 32 heavy (non-hydrogen) atoms. The summed E-state index contributed by atoms with van der Waals surface area (Å²) in [7, 11) is 0. The third-order valence-corrected chi connectivity index (χ3v) is 5.34. The van der Waals surface area contributed by atoms with Crippen molar-refractivity contribution in [1.29, 1.82) is 0 Å². The summed E-state index contributed by atoms with van der Waals surface area (Å²) in [6, 6.07) is 23.0. The minimum absolute atomic E-state index is 0. The van der Waals surface area contributed by atoms with Gasteiger partial charge in [0.1, 0.15) is 11.5 Å². The molecule has 0 spiro atoms. The molecule has 0 bridgehead atoms. The molecule has 164 valence electrons. The van der Waals surface area contributed by atoms with Crippen molar-refractivity contribution in [2.45, 2.75) is 19.0 Å². The van der Waals surface area contributed by atoms with Crippen LogP contribution in [0.3, 0.4) is 0 Å². The van der Waals surface area contributed by atoms with Gasteiger partial charge in [0.25, 0.3) is 10.9 Å². The van der Waals surface area contributed by atoms with Crippen LogP contribution in [0.5, 0.6) is 5.75 Å². The highest BCUT2D eigenvalue weighted by molar-refractivity contribution is 5.85. The third-order valence-electron chi connectivity index (χ3n) is 5.34. The fourth-order valence-corrected chi connectivity index (χ4v) is 3.60. The lowest BCUT2D eigenvalue weighted by Crippen LogP contribution is -2.33. The number of nitrogens with one attached hydrogen (secondary N) is 2. The molecule has 5 nitrogen and oxygen atoms in total. The van der Waals surface area contributed by atoms with Crippen molar-refractivity contribution in [2.24, 2.45) is 0 Å². The molecule has 0 aliphatic carbocycles. The zero-order chi connectivity index (χ0) is 22.0. The summed E-state index contributed by atoms with van der Waals surface area (Å²) in [4.78, 5) is 23.2. The first-order valence-corrected chi connectivity index (χ1v) is 9.90. The van der Waals surface area contributed by atoms with E-state index in [9.17, 15) is 19.1 Å². The van der Waals surface area contributed by atoms with E-state index in [1.807, 2.05) is 49.4 Å². The number of benzene rings is 3. The maximum absolute atomic E-state index is 13.6. The smallest absolute Gasteiger partial charge is 0.271 e. The van der Waals surface area contributed by atoms with E-state index in [4.69, 9.17) is 0 Å². The summed E-state index contributed by atoms with van der Waals surface area (Å²) in [5.74, 6) is -0.901. The maximum Gasteiger partial charge on any atom is 0.271 e.